The number of nitrogen functional groups attached to an aromatic ring is 2. The van der Waals surface area contributed by atoms with E-state index in [4.69, 9.17) is 23.1 Å². The Morgan fingerprint density at radius 1 is 1.17 bits per heavy atom. The first kappa shape index (κ1) is 22.5. The maximum Gasteiger partial charge on any atom is 0.146 e. The SMILES string of the molecule is Cc1cc2c(N)ncnc2n1[C@H]1[C@H](O)[C@H](O)[C@]2(CCc3cc4nc(N)c(Cl)cc4cc3F)CC[C@H]12. The van der Waals surface area contributed by atoms with E-state index >= 15 is 0 Å². The fraction of sp³-hybridized carbons (Fsp3) is 0.400. The molecule has 10 heteroatoms. The van der Waals surface area contributed by atoms with Gasteiger partial charge in [-0.05, 0) is 68.4 Å². The number of aliphatic hydroxyl groups is 2. The third-order valence-electron chi connectivity index (χ3n) is 8.31. The second-order valence-corrected chi connectivity index (χ2v) is 10.4. The monoisotopic (exact) mass is 496 g/mol. The summed E-state index contributed by atoms with van der Waals surface area (Å²) in [5.41, 5.74) is 14.0. The molecule has 2 fully saturated rings. The lowest BCUT2D eigenvalue weighted by Crippen LogP contribution is -2.46. The normalized spacial score (nSPS) is 27.9. The van der Waals surface area contributed by atoms with E-state index in [2.05, 4.69) is 15.0 Å². The van der Waals surface area contributed by atoms with Crippen molar-refractivity contribution in [3.63, 3.8) is 0 Å². The van der Waals surface area contributed by atoms with Crippen LogP contribution in [0, 0.1) is 24.1 Å². The predicted molar refractivity (Wildman–Crippen MR) is 132 cm³/mol. The molecule has 6 rings (SSSR count). The zero-order valence-electron chi connectivity index (χ0n) is 19.1. The number of nitrogens with two attached hydrogens (primary N) is 2. The molecule has 6 N–H and O–H groups in total. The van der Waals surface area contributed by atoms with Crippen LogP contribution >= 0.6 is 11.6 Å². The molecule has 0 bridgehead atoms. The molecule has 0 amide bonds. The molecule has 4 aromatic rings. The summed E-state index contributed by atoms with van der Waals surface area (Å²) in [5, 5.41) is 24.1. The number of anilines is 2. The molecular formula is C25H26ClFN6O2. The molecule has 0 saturated heterocycles. The van der Waals surface area contributed by atoms with Crippen molar-refractivity contribution < 1.29 is 14.6 Å². The highest BCUT2D eigenvalue weighted by Crippen LogP contribution is 2.64. The van der Waals surface area contributed by atoms with Gasteiger partial charge in [0.2, 0.25) is 0 Å². The second kappa shape index (κ2) is 7.74. The van der Waals surface area contributed by atoms with Gasteiger partial charge in [-0.25, -0.2) is 19.3 Å². The Morgan fingerprint density at radius 3 is 2.71 bits per heavy atom. The second-order valence-electron chi connectivity index (χ2n) is 9.95. The number of aryl methyl sites for hydroxylation is 2. The van der Waals surface area contributed by atoms with E-state index in [1.165, 1.54) is 12.4 Å². The van der Waals surface area contributed by atoms with Crippen LogP contribution in [0.3, 0.4) is 0 Å². The summed E-state index contributed by atoms with van der Waals surface area (Å²) >= 11 is 6.03. The highest BCUT2D eigenvalue weighted by Gasteiger charge is 2.64. The minimum atomic E-state index is -0.974. The lowest BCUT2D eigenvalue weighted by atomic mass is 9.58. The Labute approximate surface area is 205 Å². The van der Waals surface area contributed by atoms with Crippen LogP contribution in [-0.2, 0) is 6.42 Å². The number of pyridine rings is 1. The number of benzene rings is 1. The van der Waals surface area contributed by atoms with Crippen LogP contribution in [0.5, 0.6) is 0 Å². The van der Waals surface area contributed by atoms with Gasteiger partial charge in [-0.15, -0.1) is 0 Å². The van der Waals surface area contributed by atoms with Gasteiger partial charge in [0.25, 0.3) is 0 Å². The average molecular weight is 497 g/mol. The third kappa shape index (κ3) is 3.15. The van der Waals surface area contributed by atoms with E-state index < -0.39 is 17.6 Å². The van der Waals surface area contributed by atoms with Gasteiger partial charge < -0.3 is 26.2 Å². The zero-order valence-corrected chi connectivity index (χ0v) is 19.9. The molecule has 0 unspecified atom stereocenters. The number of hydrogen-bond donors (Lipinski definition) is 4. The Bertz CT molecular complexity index is 1490. The highest BCUT2D eigenvalue weighted by atomic mass is 35.5. The standard InChI is InChI=1S/C25H26ClFN6O2/c1-11-6-14-22(28)30-10-31-24(14)33(11)19-15-3-5-25(15,21(35)20(19)34)4-2-12-9-18-13(8-17(12)27)7-16(26)23(29)32-18/h6-10,15,19-21,34-35H,2-5H2,1H3,(H2,29,32)(H2,28,30,31)/t15-,19-,20+,21+,25-/m1/s1. The minimum absolute atomic E-state index is 0.0223. The summed E-state index contributed by atoms with van der Waals surface area (Å²) in [4.78, 5) is 12.8. The molecule has 0 radical (unpaired) electrons. The first-order valence-corrected chi connectivity index (χ1v) is 12.1. The summed E-state index contributed by atoms with van der Waals surface area (Å²) in [6.07, 6.45) is 2.06. The maximum atomic E-state index is 15.0. The van der Waals surface area contributed by atoms with E-state index in [9.17, 15) is 14.6 Å². The smallest absolute Gasteiger partial charge is 0.146 e. The van der Waals surface area contributed by atoms with Crippen LogP contribution in [0.1, 0.15) is 36.6 Å². The van der Waals surface area contributed by atoms with Crippen molar-refractivity contribution in [2.24, 2.45) is 11.3 Å². The van der Waals surface area contributed by atoms with Gasteiger partial charge in [-0.1, -0.05) is 11.6 Å². The van der Waals surface area contributed by atoms with Gasteiger partial charge in [0.1, 0.15) is 35.5 Å². The molecule has 182 valence electrons. The third-order valence-corrected chi connectivity index (χ3v) is 8.61. The van der Waals surface area contributed by atoms with E-state index in [-0.39, 0.29) is 28.6 Å². The molecule has 3 heterocycles. The van der Waals surface area contributed by atoms with E-state index in [1.807, 2.05) is 17.6 Å². The predicted octanol–water partition coefficient (Wildman–Crippen LogP) is 3.55. The number of halogens is 2. The topological polar surface area (TPSA) is 136 Å². The van der Waals surface area contributed by atoms with Crippen LogP contribution < -0.4 is 11.5 Å². The van der Waals surface area contributed by atoms with Crippen LogP contribution in [-0.4, -0.2) is 41.9 Å². The Balaban J connectivity index is 1.33. The lowest BCUT2D eigenvalue weighted by Gasteiger charge is -2.48. The molecule has 35 heavy (non-hydrogen) atoms. The van der Waals surface area contributed by atoms with Crippen molar-refractivity contribution >= 4 is 45.2 Å². The van der Waals surface area contributed by atoms with Crippen LogP contribution in [0.25, 0.3) is 21.9 Å². The molecule has 0 aliphatic heterocycles. The van der Waals surface area contributed by atoms with Crippen molar-refractivity contribution in [3.05, 3.63) is 52.7 Å². The van der Waals surface area contributed by atoms with Gasteiger partial charge in [0.05, 0.1) is 28.1 Å². The minimum Gasteiger partial charge on any atom is -0.390 e. The largest absolute Gasteiger partial charge is 0.390 e. The Morgan fingerprint density at radius 2 is 1.97 bits per heavy atom. The van der Waals surface area contributed by atoms with Crippen molar-refractivity contribution in [2.75, 3.05) is 11.5 Å². The van der Waals surface area contributed by atoms with Crippen molar-refractivity contribution in [1.29, 1.82) is 0 Å². The van der Waals surface area contributed by atoms with Crippen LogP contribution in [0.2, 0.25) is 5.02 Å². The molecular weight excluding hydrogens is 471 g/mol. The molecule has 3 aromatic heterocycles. The van der Waals surface area contributed by atoms with Crippen LogP contribution in [0.4, 0.5) is 16.0 Å². The fourth-order valence-electron chi connectivity index (χ4n) is 6.45. The average Bonchev–Trinajstić information content (AvgIpc) is 3.20. The highest BCUT2D eigenvalue weighted by molar-refractivity contribution is 6.33. The zero-order chi connectivity index (χ0) is 24.6. The van der Waals surface area contributed by atoms with Gasteiger partial charge in [-0.3, -0.25) is 0 Å². The van der Waals surface area contributed by atoms with Crippen molar-refractivity contribution in [3.8, 4) is 0 Å². The number of nitrogens with zero attached hydrogens (tertiary/aromatic N) is 4. The number of hydrogen-bond acceptors (Lipinski definition) is 7. The summed E-state index contributed by atoms with van der Waals surface area (Å²) in [5.74, 6) is 0.253. The summed E-state index contributed by atoms with van der Waals surface area (Å²) in [7, 11) is 0. The number of aromatic nitrogens is 4. The van der Waals surface area contributed by atoms with Gasteiger partial charge in [0.15, 0.2) is 0 Å². The Hall–Kier alpha value is -3.01. The molecule has 0 spiro atoms. The summed E-state index contributed by atoms with van der Waals surface area (Å²) in [6.45, 7) is 1.94. The maximum absolute atomic E-state index is 15.0. The van der Waals surface area contributed by atoms with E-state index in [0.29, 0.717) is 40.8 Å². The summed E-state index contributed by atoms with van der Waals surface area (Å²) < 4.78 is 16.9. The number of aliphatic hydroxyl groups excluding tert-OH is 2. The molecule has 2 aliphatic rings. The first-order chi connectivity index (χ1) is 16.7. The number of rotatable bonds is 4. The Kier molecular flexibility index (Phi) is 4.97. The lowest BCUT2D eigenvalue weighted by molar-refractivity contribution is -0.0743. The fourth-order valence-corrected chi connectivity index (χ4v) is 6.61. The molecule has 8 nitrogen and oxygen atoms in total. The number of fused-ring (bicyclic) bond motifs is 3. The first-order valence-electron chi connectivity index (χ1n) is 11.7. The molecule has 2 saturated carbocycles. The van der Waals surface area contributed by atoms with Gasteiger partial charge in [0, 0.05) is 16.5 Å². The quantitative estimate of drug-likeness (QED) is 0.339. The molecule has 1 aromatic carbocycles. The van der Waals surface area contributed by atoms with Crippen molar-refractivity contribution in [2.45, 2.75) is 50.9 Å². The van der Waals surface area contributed by atoms with Gasteiger partial charge >= 0.3 is 0 Å². The van der Waals surface area contributed by atoms with E-state index in [1.54, 1.807) is 12.1 Å². The van der Waals surface area contributed by atoms with Crippen LogP contribution in [0.15, 0.2) is 30.6 Å². The van der Waals surface area contributed by atoms with Crippen molar-refractivity contribution in [1.82, 2.24) is 19.5 Å². The molecule has 5 atom stereocenters. The van der Waals surface area contributed by atoms with E-state index in [0.717, 1.165) is 23.9 Å². The van der Waals surface area contributed by atoms with Gasteiger partial charge in [-0.2, -0.15) is 0 Å². The summed E-state index contributed by atoms with van der Waals surface area (Å²) in [6, 6.07) is 6.28. The molecule has 2 aliphatic carbocycles.